The number of aliphatic hydroxyl groups is 1. The van der Waals surface area contributed by atoms with Crippen LogP contribution in [0.3, 0.4) is 0 Å². The molecule has 1 N–H and O–H groups in total. The predicted molar refractivity (Wildman–Crippen MR) is 101 cm³/mol. The minimum atomic E-state index is -2.43. The van der Waals surface area contributed by atoms with Gasteiger partial charge in [-0.2, -0.15) is 0 Å². The molecule has 0 fully saturated rings. The third-order valence-corrected chi connectivity index (χ3v) is 4.00. The van der Waals surface area contributed by atoms with Crippen molar-refractivity contribution >= 4 is 23.9 Å². The highest BCUT2D eigenvalue weighted by Crippen LogP contribution is 2.20. The summed E-state index contributed by atoms with van der Waals surface area (Å²) in [6.07, 6.45) is 5.81. The fraction of sp³-hybridized carbons (Fsp3) is 0.800. The van der Waals surface area contributed by atoms with Crippen molar-refractivity contribution in [3.63, 3.8) is 0 Å². The molecule has 0 saturated heterocycles. The Morgan fingerprint density at radius 3 is 1.89 bits per heavy atom. The third kappa shape index (κ3) is 12.4. The van der Waals surface area contributed by atoms with Crippen LogP contribution in [0.25, 0.3) is 0 Å². The van der Waals surface area contributed by atoms with Crippen molar-refractivity contribution < 1.29 is 38.5 Å². The number of unbranched alkanes of at least 4 members (excludes halogenated alkanes) is 6. The number of esters is 4. The minimum Gasteiger partial charge on any atom is -0.466 e. The maximum atomic E-state index is 12.2. The molecule has 28 heavy (non-hydrogen) atoms. The summed E-state index contributed by atoms with van der Waals surface area (Å²) in [5.41, 5.74) is -2.43. The van der Waals surface area contributed by atoms with Crippen molar-refractivity contribution in [2.45, 2.75) is 90.6 Å². The lowest BCUT2D eigenvalue weighted by molar-refractivity contribution is -0.179. The Labute approximate surface area is 166 Å². The smallest absolute Gasteiger partial charge is 0.339 e. The fourth-order valence-corrected chi connectivity index (χ4v) is 2.44. The van der Waals surface area contributed by atoms with Gasteiger partial charge in [-0.25, -0.2) is 4.79 Å². The molecule has 0 aromatic heterocycles. The quantitative estimate of drug-likeness (QED) is 0.192. The SMILES string of the molecule is CCCCCCCCOC(=O)CC(O)(CC(=O)OC(C)=O)C(=O)OCCCC. The second-order valence-electron chi connectivity index (χ2n) is 6.83. The monoisotopic (exact) mass is 402 g/mol. The van der Waals surface area contributed by atoms with E-state index < -0.39 is 42.3 Å². The van der Waals surface area contributed by atoms with E-state index in [1.807, 2.05) is 6.92 Å². The molecule has 0 bridgehead atoms. The van der Waals surface area contributed by atoms with Crippen LogP contribution in [-0.2, 0) is 33.4 Å². The molecule has 0 spiro atoms. The largest absolute Gasteiger partial charge is 0.466 e. The maximum Gasteiger partial charge on any atom is 0.339 e. The van der Waals surface area contributed by atoms with E-state index in [4.69, 9.17) is 9.47 Å². The van der Waals surface area contributed by atoms with Crippen LogP contribution >= 0.6 is 0 Å². The molecule has 0 aromatic carbocycles. The van der Waals surface area contributed by atoms with Crippen molar-refractivity contribution in [3.8, 4) is 0 Å². The highest BCUT2D eigenvalue weighted by molar-refractivity contribution is 5.92. The normalized spacial score (nSPS) is 12.7. The molecule has 8 nitrogen and oxygen atoms in total. The molecule has 0 aliphatic carbocycles. The molecule has 1 unspecified atom stereocenters. The van der Waals surface area contributed by atoms with Crippen LogP contribution in [0.1, 0.15) is 85.0 Å². The van der Waals surface area contributed by atoms with Gasteiger partial charge in [0.05, 0.1) is 26.1 Å². The zero-order chi connectivity index (χ0) is 21.4. The van der Waals surface area contributed by atoms with E-state index in [0.29, 0.717) is 12.8 Å². The molecule has 0 amide bonds. The second kappa shape index (κ2) is 15.0. The Hall–Kier alpha value is -1.96. The topological polar surface area (TPSA) is 116 Å². The summed E-state index contributed by atoms with van der Waals surface area (Å²) >= 11 is 0. The number of hydrogen-bond acceptors (Lipinski definition) is 8. The highest BCUT2D eigenvalue weighted by atomic mass is 16.6. The van der Waals surface area contributed by atoms with E-state index in [1.165, 1.54) is 6.42 Å². The zero-order valence-electron chi connectivity index (χ0n) is 17.3. The lowest BCUT2D eigenvalue weighted by Crippen LogP contribution is -2.45. The fourth-order valence-electron chi connectivity index (χ4n) is 2.44. The van der Waals surface area contributed by atoms with E-state index in [0.717, 1.165) is 39.0 Å². The zero-order valence-corrected chi connectivity index (χ0v) is 17.3. The Morgan fingerprint density at radius 1 is 0.750 bits per heavy atom. The van der Waals surface area contributed by atoms with Crippen LogP contribution in [0.5, 0.6) is 0 Å². The lowest BCUT2D eigenvalue weighted by atomic mass is 9.95. The van der Waals surface area contributed by atoms with E-state index in [2.05, 4.69) is 11.7 Å². The van der Waals surface area contributed by atoms with Gasteiger partial charge in [0, 0.05) is 6.92 Å². The summed E-state index contributed by atoms with van der Waals surface area (Å²) in [6.45, 7) is 5.26. The minimum absolute atomic E-state index is 0.0478. The van der Waals surface area contributed by atoms with E-state index in [1.54, 1.807) is 0 Å². The van der Waals surface area contributed by atoms with Gasteiger partial charge in [0.1, 0.15) is 0 Å². The molecule has 0 heterocycles. The molecule has 0 saturated carbocycles. The molecular weight excluding hydrogens is 368 g/mol. The number of rotatable bonds is 15. The van der Waals surface area contributed by atoms with Gasteiger partial charge in [0.25, 0.3) is 0 Å². The first-order valence-corrected chi connectivity index (χ1v) is 10.0. The number of hydrogen-bond donors (Lipinski definition) is 1. The lowest BCUT2D eigenvalue weighted by Gasteiger charge is -2.24. The van der Waals surface area contributed by atoms with Crippen molar-refractivity contribution in [2.75, 3.05) is 13.2 Å². The Morgan fingerprint density at radius 2 is 1.29 bits per heavy atom. The average Bonchev–Trinajstić information content (AvgIpc) is 2.60. The van der Waals surface area contributed by atoms with Gasteiger partial charge < -0.3 is 19.3 Å². The molecular formula is C20H34O8. The van der Waals surface area contributed by atoms with Crippen LogP contribution < -0.4 is 0 Å². The number of carbonyl (C=O) groups excluding carboxylic acids is 4. The summed E-state index contributed by atoms with van der Waals surface area (Å²) in [4.78, 5) is 46.8. The molecule has 162 valence electrons. The summed E-state index contributed by atoms with van der Waals surface area (Å²) in [5.74, 6) is -3.93. The van der Waals surface area contributed by atoms with E-state index in [-0.39, 0.29) is 13.2 Å². The molecule has 0 aromatic rings. The first-order valence-electron chi connectivity index (χ1n) is 10.0. The highest BCUT2D eigenvalue weighted by Gasteiger charge is 2.43. The van der Waals surface area contributed by atoms with Crippen molar-refractivity contribution in [1.29, 1.82) is 0 Å². The van der Waals surface area contributed by atoms with Gasteiger partial charge in [0.15, 0.2) is 5.60 Å². The van der Waals surface area contributed by atoms with Crippen LogP contribution in [0.15, 0.2) is 0 Å². The van der Waals surface area contributed by atoms with E-state index in [9.17, 15) is 24.3 Å². The average molecular weight is 402 g/mol. The van der Waals surface area contributed by atoms with E-state index >= 15 is 0 Å². The molecule has 0 aliphatic heterocycles. The van der Waals surface area contributed by atoms with Crippen LogP contribution in [0, 0.1) is 0 Å². The van der Waals surface area contributed by atoms with Crippen molar-refractivity contribution in [3.05, 3.63) is 0 Å². The first kappa shape index (κ1) is 26.0. The summed E-state index contributed by atoms with van der Waals surface area (Å²) in [7, 11) is 0. The van der Waals surface area contributed by atoms with Gasteiger partial charge >= 0.3 is 23.9 Å². The van der Waals surface area contributed by atoms with Gasteiger partial charge in [0.2, 0.25) is 0 Å². The Bertz CT molecular complexity index is 502. The van der Waals surface area contributed by atoms with Crippen molar-refractivity contribution in [2.24, 2.45) is 0 Å². The van der Waals surface area contributed by atoms with Gasteiger partial charge in [-0.3, -0.25) is 14.4 Å². The Balaban J connectivity index is 4.64. The second-order valence-corrected chi connectivity index (χ2v) is 6.83. The van der Waals surface area contributed by atoms with Gasteiger partial charge in [-0.1, -0.05) is 52.4 Å². The van der Waals surface area contributed by atoms with Crippen molar-refractivity contribution in [1.82, 2.24) is 0 Å². The molecule has 0 rings (SSSR count). The first-order chi connectivity index (χ1) is 13.2. The number of ether oxygens (including phenoxy) is 3. The van der Waals surface area contributed by atoms with Crippen LogP contribution in [0.4, 0.5) is 0 Å². The van der Waals surface area contributed by atoms with Gasteiger partial charge in [-0.15, -0.1) is 0 Å². The number of carbonyl (C=O) groups is 4. The third-order valence-electron chi connectivity index (χ3n) is 4.00. The summed E-state index contributed by atoms with van der Waals surface area (Å²) in [5, 5.41) is 10.5. The summed E-state index contributed by atoms with van der Waals surface area (Å²) < 4.78 is 14.4. The molecule has 1 atom stereocenters. The van der Waals surface area contributed by atoms with Crippen LogP contribution in [0.2, 0.25) is 0 Å². The predicted octanol–water partition coefficient (Wildman–Crippen LogP) is 2.83. The standard InChI is InChI=1S/C20H34O8/c1-4-6-8-9-10-11-13-26-17(22)14-20(25,15-18(23)28-16(3)21)19(24)27-12-7-5-2/h25H,4-15H2,1-3H3. The van der Waals surface area contributed by atoms with Gasteiger partial charge in [-0.05, 0) is 12.8 Å². The Kier molecular flexibility index (Phi) is 14.0. The molecule has 8 heteroatoms. The van der Waals surface area contributed by atoms with Crippen LogP contribution in [-0.4, -0.2) is 47.8 Å². The molecule has 0 radical (unpaired) electrons. The maximum absolute atomic E-state index is 12.2. The summed E-state index contributed by atoms with van der Waals surface area (Å²) in [6, 6.07) is 0. The molecule has 0 aliphatic rings.